The number of aromatic nitrogens is 1. The minimum Gasteiger partial charge on any atom is -0.503 e. The highest BCUT2D eigenvalue weighted by molar-refractivity contribution is 7.99. The molecule has 2 unspecified atom stereocenters. The van der Waals surface area contributed by atoms with E-state index in [2.05, 4.69) is 39.5 Å². The standard InChI is InChI=1S/C20H25N3O3S/c1-14(22-20(25)18-19(24)17(26-2)8-9-21-18)16-11-23(13-27-12-16)10-15-6-4-3-5-7-15/h3-9,14,16,24H,10-13H2,1-2H3,(H,22,25). The molecule has 0 saturated carbocycles. The van der Waals surface area contributed by atoms with Crippen molar-refractivity contribution in [1.29, 1.82) is 0 Å². The van der Waals surface area contributed by atoms with Crippen LogP contribution in [0.4, 0.5) is 0 Å². The molecule has 144 valence electrons. The van der Waals surface area contributed by atoms with E-state index in [4.69, 9.17) is 4.74 Å². The number of thioether (sulfide) groups is 1. The lowest BCUT2D eigenvalue weighted by molar-refractivity contribution is 0.0912. The maximum Gasteiger partial charge on any atom is 0.274 e. The summed E-state index contributed by atoms with van der Waals surface area (Å²) < 4.78 is 5.05. The van der Waals surface area contributed by atoms with Gasteiger partial charge in [-0.2, -0.15) is 0 Å². The highest BCUT2D eigenvalue weighted by atomic mass is 32.2. The molecule has 1 aliphatic heterocycles. The minimum absolute atomic E-state index is 0.00851. The number of nitrogens with zero attached hydrogens (tertiary/aromatic N) is 2. The molecule has 2 N–H and O–H groups in total. The second-order valence-corrected chi connectivity index (χ2v) is 7.73. The lowest BCUT2D eigenvalue weighted by Crippen LogP contribution is -2.46. The molecule has 0 spiro atoms. The predicted octanol–water partition coefficient (Wildman–Crippen LogP) is 2.74. The molecule has 1 saturated heterocycles. The van der Waals surface area contributed by atoms with E-state index in [-0.39, 0.29) is 29.1 Å². The molecule has 1 aliphatic rings. The van der Waals surface area contributed by atoms with E-state index in [0.29, 0.717) is 5.92 Å². The van der Waals surface area contributed by atoms with Gasteiger partial charge in [0.2, 0.25) is 0 Å². The zero-order valence-corrected chi connectivity index (χ0v) is 16.4. The number of ether oxygens (including phenoxy) is 1. The molecule has 27 heavy (non-hydrogen) atoms. The Balaban J connectivity index is 1.60. The molecule has 0 radical (unpaired) electrons. The lowest BCUT2D eigenvalue weighted by Gasteiger charge is -2.35. The van der Waals surface area contributed by atoms with Crippen LogP contribution in [-0.4, -0.2) is 52.2 Å². The second-order valence-electron chi connectivity index (χ2n) is 6.73. The topological polar surface area (TPSA) is 74.7 Å². The number of carbonyl (C=O) groups is 1. The van der Waals surface area contributed by atoms with Crippen LogP contribution in [0.3, 0.4) is 0 Å². The van der Waals surface area contributed by atoms with Gasteiger partial charge in [-0.25, -0.2) is 4.98 Å². The van der Waals surface area contributed by atoms with Crippen molar-refractivity contribution in [3.05, 3.63) is 53.9 Å². The smallest absolute Gasteiger partial charge is 0.274 e. The van der Waals surface area contributed by atoms with Crippen LogP contribution in [0.5, 0.6) is 11.5 Å². The van der Waals surface area contributed by atoms with Crippen molar-refractivity contribution in [1.82, 2.24) is 15.2 Å². The summed E-state index contributed by atoms with van der Waals surface area (Å²) in [4.78, 5) is 18.9. The second kappa shape index (κ2) is 9.10. The Labute approximate surface area is 163 Å². The molecule has 1 aromatic carbocycles. The molecule has 2 aromatic rings. The summed E-state index contributed by atoms with van der Waals surface area (Å²) in [6.07, 6.45) is 1.45. The van der Waals surface area contributed by atoms with Gasteiger partial charge in [-0.15, -0.1) is 11.8 Å². The predicted molar refractivity (Wildman–Crippen MR) is 107 cm³/mol. The average Bonchev–Trinajstić information content (AvgIpc) is 2.69. The van der Waals surface area contributed by atoms with Crippen molar-refractivity contribution < 1.29 is 14.6 Å². The lowest BCUT2D eigenvalue weighted by atomic mass is 10.0. The molecule has 1 amide bonds. The largest absolute Gasteiger partial charge is 0.503 e. The Kier molecular flexibility index (Phi) is 6.58. The zero-order valence-electron chi connectivity index (χ0n) is 15.6. The number of benzene rings is 1. The van der Waals surface area contributed by atoms with Crippen LogP contribution in [0.15, 0.2) is 42.6 Å². The quantitative estimate of drug-likeness (QED) is 0.794. The van der Waals surface area contributed by atoms with Crippen LogP contribution in [-0.2, 0) is 6.54 Å². The van der Waals surface area contributed by atoms with Gasteiger partial charge in [0.15, 0.2) is 17.2 Å². The molecule has 2 atom stereocenters. The zero-order chi connectivity index (χ0) is 19.2. The molecule has 0 aliphatic carbocycles. The molecule has 7 heteroatoms. The van der Waals surface area contributed by atoms with E-state index < -0.39 is 0 Å². The van der Waals surface area contributed by atoms with Gasteiger partial charge in [-0.05, 0) is 12.5 Å². The minimum atomic E-state index is -0.385. The van der Waals surface area contributed by atoms with E-state index in [0.717, 1.165) is 24.7 Å². The number of pyridine rings is 1. The Morgan fingerprint density at radius 2 is 2.19 bits per heavy atom. The van der Waals surface area contributed by atoms with Crippen LogP contribution in [0.1, 0.15) is 23.0 Å². The molecule has 6 nitrogen and oxygen atoms in total. The first-order chi connectivity index (χ1) is 13.1. The van der Waals surface area contributed by atoms with Gasteiger partial charge in [-0.1, -0.05) is 30.3 Å². The number of carbonyl (C=O) groups excluding carboxylic acids is 1. The van der Waals surface area contributed by atoms with Crippen molar-refractivity contribution in [2.45, 2.75) is 19.5 Å². The van der Waals surface area contributed by atoms with Gasteiger partial charge in [0.25, 0.3) is 5.91 Å². The fourth-order valence-corrected chi connectivity index (χ4v) is 4.44. The van der Waals surface area contributed by atoms with Crippen molar-refractivity contribution in [2.75, 3.05) is 25.3 Å². The molecule has 1 fully saturated rings. The summed E-state index contributed by atoms with van der Waals surface area (Å²) in [5.74, 6) is 1.93. The summed E-state index contributed by atoms with van der Waals surface area (Å²) in [5.41, 5.74) is 1.28. The normalized spacial score (nSPS) is 18.7. The van der Waals surface area contributed by atoms with E-state index in [1.54, 1.807) is 0 Å². The van der Waals surface area contributed by atoms with E-state index in [9.17, 15) is 9.90 Å². The molecule has 1 aromatic heterocycles. The number of hydrogen-bond donors (Lipinski definition) is 2. The average molecular weight is 388 g/mol. The number of hydrogen-bond acceptors (Lipinski definition) is 6. The molecule has 0 bridgehead atoms. The van der Waals surface area contributed by atoms with Crippen LogP contribution < -0.4 is 10.1 Å². The highest BCUT2D eigenvalue weighted by Crippen LogP contribution is 2.28. The summed E-state index contributed by atoms with van der Waals surface area (Å²) in [7, 11) is 1.44. The first kappa shape index (κ1) is 19.5. The molecule has 3 rings (SSSR count). The fourth-order valence-electron chi connectivity index (χ4n) is 3.18. The number of nitrogens with one attached hydrogen (secondary N) is 1. The maximum atomic E-state index is 12.5. The third-order valence-corrected chi connectivity index (χ3v) is 5.95. The fraction of sp³-hybridized carbons (Fsp3) is 0.400. The van der Waals surface area contributed by atoms with E-state index in [1.165, 1.54) is 24.9 Å². The van der Waals surface area contributed by atoms with Crippen molar-refractivity contribution in [3.8, 4) is 11.5 Å². The molecular formula is C20H25N3O3S. The van der Waals surface area contributed by atoms with Gasteiger partial charge in [0, 0.05) is 48.9 Å². The Bertz CT molecular complexity index is 772. The number of amides is 1. The van der Waals surface area contributed by atoms with Crippen LogP contribution in [0, 0.1) is 5.92 Å². The number of aromatic hydroxyl groups is 1. The van der Waals surface area contributed by atoms with Crippen molar-refractivity contribution in [3.63, 3.8) is 0 Å². The first-order valence-corrected chi connectivity index (χ1v) is 10.1. The Morgan fingerprint density at radius 3 is 2.93 bits per heavy atom. The van der Waals surface area contributed by atoms with Crippen LogP contribution in [0.2, 0.25) is 0 Å². The van der Waals surface area contributed by atoms with Crippen LogP contribution in [0.25, 0.3) is 0 Å². The highest BCUT2D eigenvalue weighted by Gasteiger charge is 2.27. The Morgan fingerprint density at radius 1 is 1.41 bits per heavy atom. The number of methoxy groups -OCH3 is 1. The third-order valence-electron chi connectivity index (χ3n) is 4.74. The van der Waals surface area contributed by atoms with Crippen molar-refractivity contribution in [2.24, 2.45) is 5.92 Å². The number of rotatable bonds is 6. The van der Waals surface area contributed by atoms with Gasteiger partial charge >= 0.3 is 0 Å². The van der Waals surface area contributed by atoms with E-state index >= 15 is 0 Å². The summed E-state index contributed by atoms with van der Waals surface area (Å²) in [6.45, 7) is 3.83. The summed E-state index contributed by atoms with van der Waals surface area (Å²) >= 11 is 1.88. The summed E-state index contributed by atoms with van der Waals surface area (Å²) in [5, 5.41) is 13.1. The Hall–Kier alpha value is -2.25. The van der Waals surface area contributed by atoms with Gasteiger partial charge in [-0.3, -0.25) is 9.69 Å². The van der Waals surface area contributed by atoms with Crippen molar-refractivity contribution >= 4 is 17.7 Å². The molecular weight excluding hydrogens is 362 g/mol. The monoisotopic (exact) mass is 387 g/mol. The summed E-state index contributed by atoms with van der Waals surface area (Å²) in [6, 6.07) is 11.9. The first-order valence-electron chi connectivity index (χ1n) is 8.95. The van der Waals surface area contributed by atoms with E-state index in [1.807, 2.05) is 24.8 Å². The SMILES string of the molecule is COc1ccnc(C(=O)NC(C)C2CSCN(Cc3ccccc3)C2)c1O. The van der Waals surface area contributed by atoms with Gasteiger partial charge in [0.05, 0.1) is 7.11 Å². The molecule has 2 heterocycles. The van der Waals surface area contributed by atoms with Crippen LogP contribution >= 0.6 is 11.8 Å². The third kappa shape index (κ3) is 4.93. The van der Waals surface area contributed by atoms with Gasteiger partial charge < -0.3 is 15.2 Å². The van der Waals surface area contributed by atoms with Gasteiger partial charge in [0.1, 0.15) is 0 Å². The maximum absolute atomic E-state index is 12.5.